The van der Waals surface area contributed by atoms with Crippen LogP contribution in [0.5, 0.6) is 11.5 Å². The first-order valence-electron chi connectivity index (χ1n) is 5.94. The normalized spacial score (nSPS) is 12.8. The molecule has 0 saturated carbocycles. The molecular formula is C16H14O2. The van der Waals surface area contributed by atoms with Crippen LogP contribution < -0.4 is 4.74 Å². The maximum Gasteiger partial charge on any atom is 0.135 e. The summed E-state index contributed by atoms with van der Waals surface area (Å²) in [5.74, 6) is 1.77. The molecule has 2 aromatic rings. The minimum Gasteiger partial charge on any atom is -0.456 e. The molecule has 0 amide bonds. The summed E-state index contributed by atoms with van der Waals surface area (Å²) >= 11 is 0. The van der Waals surface area contributed by atoms with Crippen molar-refractivity contribution in [1.29, 1.82) is 0 Å². The second-order valence-corrected chi connectivity index (χ2v) is 4.24. The van der Waals surface area contributed by atoms with Gasteiger partial charge in [0.1, 0.15) is 11.5 Å². The van der Waals surface area contributed by atoms with Gasteiger partial charge in [-0.1, -0.05) is 36.4 Å². The van der Waals surface area contributed by atoms with Crippen LogP contribution in [0.2, 0.25) is 0 Å². The number of para-hydroxylation sites is 2. The molecule has 18 heavy (non-hydrogen) atoms. The Morgan fingerprint density at radius 3 is 2.50 bits per heavy atom. The Labute approximate surface area is 106 Å². The first-order chi connectivity index (χ1) is 8.88. The summed E-state index contributed by atoms with van der Waals surface area (Å²) in [6, 6.07) is 16.1. The van der Waals surface area contributed by atoms with Crippen LogP contribution >= 0.6 is 0 Å². The Morgan fingerprint density at radius 1 is 0.944 bits per heavy atom. The SMILES string of the molecule is COCC1=Cc2ccccc2Oc2ccccc21. The highest BCUT2D eigenvalue weighted by Crippen LogP contribution is 2.37. The third-order valence-electron chi connectivity index (χ3n) is 3.00. The van der Waals surface area contributed by atoms with E-state index in [4.69, 9.17) is 9.47 Å². The lowest BCUT2D eigenvalue weighted by atomic mass is 10.0. The summed E-state index contributed by atoms with van der Waals surface area (Å²) in [6.07, 6.45) is 2.13. The van der Waals surface area contributed by atoms with E-state index < -0.39 is 0 Å². The van der Waals surface area contributed by atoms with Crippen molar-refractivity contribution in [2.75, 3.05) is 13.7 Å². The number of methoxy groups -OCH3 is 1. The van der Waals surface area contributed by atoms with Crippen molar-refractivity contribution < 1.29 is 9.47 Å². The zero-order valence-electron chi connectivity index (χ0n) is 10.2. The molecule has 2 aromatic carbocycles. The number of benzene rings is 2. The highest BCUT2D eigenvalue weighted by Gasteiger charge is 2.15. The van der Waals surface area contributed by atoms with E-state index in [0.717, 1.165) is 28.2 Å². The van der Waals surface area contributed by atoms with Crippen LogP contribution in [-0.2, 0) is 4.74 Å². The Bertz CT molecular complexity index is 600. The Hall–Kier alpha value is -2.06. The molecule has 0 N–H and O–H groups in total. The molecule has 90 valence electrons. The summed E-state index contributed by atoms with van der Waals surface area (Å²) in [6.45, 7) is 0.578. The van der Waals surface area contributed by atoms with Crippen LogP contribution in [0.4, 0.5) is 0 Å². The van der Waals surface area contributed by atoms with Crippen LogP contribution in [0.1, 0.15) is 11.1 Å². The van der Waals surface area contributed by atoms with Crippen LogP contribution in [0.25, 0.3) is 11.6 Å². The summed E-state index contributed by atoms with van der Waals surface area (Å²) in [4.78, 5) is 0. The third kappa shape index (κ3) is 1.91. The topological polar surface area (TPSA) is 18.5 Å². The zero-order chi connectivity index (χ0) is 12.4. The molecule has 0 spiro atoms. The Kier molecular flexibility index (Phi) is 2.87. The number of ether oxygens (including phenoxy) is 2. The van der Waals surface area contributed by atoms with Gasteiger partial charge in [-0.2, -0.15) is 0 Å². The quantitative estimate of drug-likeness (QED) is 0.787. The number of hydrogen-bond donors (Lipinski definition) is 0. The average molecular weight is 238 g/mol. The van der Waals surface area contributed by atoms with E-state index in [1.165, 1.54) is 0 Å². The lowest BCUT2D eigenvalue weighted by molar-refractivity contribution is 0.240. The van der Waals surface area contributed by atoms with Crippen molar-refractivity contribution in [3.63, 3.8) is 0 Å². The van der Waals surface area contributed by atoms with Crippen molar-refractivity contribution in [3.8, 4) is 11.5 Å². The molecule has 0 aromatic heterocycles. The van der Waals surface area contributed by atoms with Gasteiger partial charge in [0, 0.05) is 18.2 Å². The maximum absolute atomic E-state index is 5.97. The Morgan fingerprint density at radius 2 is 1.67 bits per heavy atom. The highest BCUT2D eigenvalue weighted by atomic mass is 16.5. The molecule has 2 heteroatoms. The highest BCUT2D eigenvalue weighted by molar-refractivity contribution is 5.87. The average Bonchev–Trinajstić information content (AvgIpc) is 2.56. The first-order valence-corrected chi connectivity index (χ1v) is 5.94. The Balaban J connectivity index is 2.19. The first kappa shape index (κ1) is 11.1. The van der Waals surface area contributed by atoms with Gasteiger partial charge in [0.05, 0.1) is 6.61 Å². The van der Waals surface area contributed by atoms with Gasteiger partial charge >= 0.3 is 0 Å². The van der Waals surface area contributed by atoms with Gasteiger partial charge in [0.2, 0.25) is 0 Å². The number of rotatable bonds is 2. The van der Waals surface area contributed by atoms with Crippen LogP contribution in [-0.4, -0.2) is 13.7 Å². The predicted octanol–water partition coefficient (Wildman–Crippen LogP) is 3.98. The fourth-order valence-corrected chi connectivity index (χ4v) is 2.17. The second kappa shape index (κ2) is 4.67. The van der Waals surface area contributed by atoms with Gasteiger partial charge in [0.25, 0.3) is 0 Å². The van der Waals surface area contributed by atoms with E-state index in [-0.39, 0.29) is 0 Å². The van der Waals surface area contributed by atoms with E-state index in [1.807, 2.05) is 36.4 Å². The van der Waals surface area contributed by atoms with Crippen molar-refractivity contribution in [3.05, 3.63) is 59.7 Å². The molecule has 0 saturated heterocycles. The minimum absolute atomic E-state index is 0.578. The predicted molar refractivity (Wildman–Crippen MR) is 72.7 cm³/mol. The van der Waals surface area contributed by atoms with Gasteiger partial charge in [-0.05, 0) is 23.8 Å². The minimum atomic E-state index is 0.578. The molecule has 2 nitrogen and oxygen atoms in total. The lowest BCUT2D eigenvalue weighted by Crippen LogP contribution is -1.94. The van der Waals surface area contributed by atoms with E-state index in [9.17, 15) is 0 Å². The molecule has 1 aliphatic heterocycles. The number of hydrogen-bond acceptors (Lipinski definition) is 2. The summed E-state index contributed by atoms with van der Waals surface area (Å²) in [5, 5.41) is 0. The van der Waals surface area contributed by atoms with E-state index in [2.05, 4.69) is 18.2 Å². The summed E-state index contributed by atoms with van der Waals surface area (Å²) in [5.41, 5.74) is 3.31. The molecule has 0 atom stereocenters. The molecule has 1 aliphatic rings. The van der Waals surface area contributed by atoms with E-state index >= 15 is 0 Å². The fourth-order valence-electron chi connectivity index (χ4n) is 2.17. The van der Waals surface area contributed by atoms with Crippen LogP contribution in [0, 0.1) is 0 Å². The summed E-state index contributed by atoms with van der Waals surface area (Å²) < 4.78 is 11.3. The van der Waals surface area contributed by atoms with Crippen molar-refractivity contribution >= 4 is 11.6 Å². The van der Waals surface area contributed by atoms with Gasteiger partial charge < -0.3 is 9.47 Å². The third-order valence-corrected chi connectivity index (χ3v) is 3.00. The van der Waals surface area contributed by atoms with Gasteiger partial charge in [-0.25, -0.2) is 0 Å². The lowest BCUT2D eigenvalue weighted by Gasteiger charge is -2.10. The molecule has 0 unspecified atom stereocenters. The van der Waals surface area contributed by atoms with Crippen molar-refractivity contribution in [2.24, 2.45) is 0 Å². The number of fused-ring (bicyclic) bond motifs is 2. The van der Waals surface area contributed by atoms with Crippen LogP contribution in [0.3, 0.4) is 0 Å². The van der Waals surface area contributed by atoms with Gasteiger partial charge in [-0.15, -0.1) is 0 Å². The molecule has 0 bridgehead atoms. The molecule has 0 fully saturated rings. The van der Waals surface area contributed by atoms with E-state index in [1.54, 1.807) is 7.11 Å². The molecule has 1 heterocycles. The molecule has 0 radical (unpaired) electrons. The zero-order valence-corrected chi connectivity index (χ0v) is 10.2. The standard InChI is InChI=1S/C16H14O2/c1-17-11-13-10-12-6-2-4-8-15(12)18-16-9-5-3-7-14(13)16/h2-10H,11H2,1H3. The molecular weight excluding hydrogens is 224 g/mol. The summed E-state index contributed by atoms with van der Waals surface area (Å²) in [7, 11) is 1.71. The smallest absolute Gasteiger partial charge is 0.135 e. The monoisotopic (exact) mass is 238 g/mol. The fraction of sp³-hybridized carbons (Fsp3) is 0.125. The van der Waals surface area contributed by atoms with Crippen molar-refractivity contribution in [2.45, 2.75) is 0 Å². The largest absolute Gasteiger partial charge is 0.456 e. The van der Waals surface area contributed by atoms with E-state index in [0.29, 0.717) is 6.61 Å². The molecule has 3 rings (SSSR count). The van der Waals surface area contributed by atoms with Crippen molar-refractivity contribution in [1.82, 2.24) is 0 Å². The maximum atomic E-state index is 5.97. The van der Waals surface area contributed by atoms with Crippen LogP contribution in [0.15, 0.2) is 48.5 Å². The van der Waals surface area contributed by atoms with Gasteiger partial charge in [0.15, 0.2) is 0 Å². The van der Waals surface area contributed by atoms with Gasteiger partial charge in [-0.3, -0.25) is 0 Å². The second-order valence-electron chi connectivity index (χ2n) is 4.24. The molecule has 0 aliphatic carbocycles.